The first-order chi connectivity index (χ1) is 11.0. The maximum absolute atomic E-state index is 8.49. The smallest absolute Gasteiger partial charge is 0.141 e. The molecule has 3 rings (SSSR count). The van der Waals surface area contributed by atoms with Crippen LogP contribution in [0.5, 0.6) is 0 Å². The molecule has 2 heterocycles. The fourth-order valence-corrected chi connectivity index (χ4v) is 2.80. The molecule has 0 bridgehead atoms. The van der Waals surface area contributed by atoms with Crippen LogP contribution < -0.4 is 16.8 Å². The van der Waals surface area contributed by atoms with Crippen molar-refractivity contribution in [1.82, 2.24) is 14.9 Å². The summed E-state index contributed by atoms with van der Waals surface area (Å²) in [6.45, 7) is 1.99. The largest absolute Gasteiger partial charge is 0.399 e. The van der Waals surface area contributed by atoms with Crippen molar-refractivity contribution in [3.8, 4) is 0 Å². The Morgan fingerprint density at radius 1 is 1.26 bits per heavy atom. The lowest BCUT2D eigenvalue weighted by Gasteiger charge is -2.17. The third-order valence-electron chi connectivity index (χ3n) is 4.06. The molecule has 1 aliphatic rings. The van der Waals surface area contributed by atoms with E-state index in [4.69, 9.17) is 16.9 Å². The Morgan fingerprint density at radius 2 is 2.00 bits per heavy atom. The van der Waals surface area contributed by atoms with Crippen LogP contribution in [0.1, 0.15) is 17.5 Å². The Bertz CT molecular complexity index is 711. The molecule has 1 saturated heterocycles. The van der Waals surface area contributed by atoms with Gasteiger partial charge in [0.15, 0.2) is 0 Å². The molecule has 1 atom stereocenters. The molecular weight excluding hydrogens is 290 g/mol. The standard InChI is InChI=1S/C16H21N7/c1-23-7-6-12(8-23)22-16-13(15(19)20-9-21-16)14(18)10-2-4-11(17)5-3-10/h2-5,9,12,18H,6-8,17H2,1H3,(H3,19,20,21,22). The molecule has 23 heavy (non-hydrogen) atoms. The zero-order chi connectivity index (χ0) is 16.4. The van der Waals surface area contributed by atoms with E-state index in [0.717, 1.165) is 25.1 Å². The summed E-state index contributed by atoms with van der Waals surface area (Å²) in [6, 6.07) is 7.44. The Morgan fingerprint density at radius 3 is 2.65 bits per heavy atom. The van der Waals surface area contributed by atoms with E-state index < -0.39 is 0 Å². The highest BCUT2D eigenvalue weighted by atomic mass is 15.2. The van der Waals surface area contributed by atoms with Crippen LogP contribution in [0, 0.1) is 5.41 Å². The number of anilines is 3. The van der Waals surface area contributed by atoms with Gasteiger partial charge in [0.1, 0.15) is 18.0 Å². The maximum atomic E-state index is 8.49. The lowest BCUT2D eigenvalue weighted by atomic mass is 10.0. The number of likely N-dealkylation sites (N-methyl/N-ethyl adjacent to an activating group) is 1. The molecule has 120 valence electrons. The van der Waals surface area contributed by atoms with Crippen LogP contribution in [0.2, 0.25) is 0 Å². The minimum Gasteiger partial charge on any atom is -0.399 e. The van der Waals surface area contributed by atoms with Crippen LogP contribution in [-0.2, 0) is 0 Å². The summed E-state index contributed by atoms with van der Waals surface area (Å²) in [5, 5.41) is 11.9. The number of rotatable bonds is 4. The van der Waals surface area contributed by atoms with Crippen molar-refractivity contribution in [2.75, 3.05) is 36.9 Å². The van der Waals surface area contributed by atoms with Gasteiger partial charge in [0.05, 0.1) is 11.3 Å². The average molecular weight is 311 g/mol. The van der Waals surface area contributed by atoms with E-state index in [1.165, 1.54) is 6.33 Å². The van der Waals surface area contributed by atoms with E-state index in [1.807, 2.05) is 0 Å². The number of nitrogens with one attached hydrogen (secondary N) is 2. The minimum absolute atomic E-state index is 0.289. The number of benzene rings is 1. The van der Waals surface area contributed by atoms with Gasteiger partial charge in [-0.3, -0.25) is 5.41 Å². The predicted molar refractivity (Wildman–Crippen MR) is 92.8 cm³/mol. The summed E-state index contributed by atoms with van der Waals surface area (Å²) in [7, 11) is 2.09. The fourth-order valence-electron chi connectivity index (χ4n) is 2.80. The summed E-state index contributed by atoms with van der Waals surface area (Å²) in [5.41, 5.74) is 13.9. The second kappa shape index (κ2) is 6.21. The molecule has 1 aliphatic heterocycles. The SMILES string of the molecule is CN1CCC(Nc2ncnc(N)c2C(=N)c2ccc(N)cc2)C1. The van der Waals surface area contributed by atoms with Gasteiger partial charge in [-0.25, -0.2) is 9.97 Å². The number of aromatic nitrogens is 2. The summed E-state index contributed by atoms with van der Waals surface area (Å²) in [5.74, 6) is 0.912. The number of nitrogens with zero attached hydrogens (tertiary/aromatic N) is 3. The molecule has 0 amide bonds. The number of likely N-dealkylation sites (tertiary alicyclic amines) is 1. The lowest BCUT2D eigenvalue weighted by Crippen LogP contribution is -2.25. The molecule has 1 aromatic carbocycles. The van der Waals surface area contributed by atoms with Gasteiger partial charge < -0.3 is 21.7 Å². The van der Waals surface area contributed by atoms with Crippen molar-refractivity contribution in [2.24, 2.45) is 0 Å². The molecule has 0 spiro atoms. The van der Waals surface area contributed by atoms with E-state index in [2.05, 4.69) is 27.2 Å². The molecule has 7 nitrogen and oxygen atoms in total. The van der Waals surface area contributed by atoms with Crippen molar-refractivity contribution in [3.63, 3.8) is 0 Å². The zero-order valence-electron chi connectivity index (χ0n) is 13.1. The van der Waals surface area contributed by atoms with Gasteiger partial charge in [0.25, 0.3) is 0 Å². The van der Waals surface area contributed by atoms with Crippen molar-refractivity contribution >= 4 is 23.0 Å². The van der Waals surface area contributed by atoms with Crippen molar-refractivity contribution < 1.29 is 0 Å². The Kier molecular flexibility index (Phi) is 4.12. The van der Waals surface area contributed by atoms with Crippen LogP contribution in [0.25, 0.3) is 0 Å². The molecule has 0 saturated carbocycles. The maximum Gasteiger partial charge on any atom is 0.141 e. The van der Waals surface area contributed by atoms with Crippen LogP contribution in [0.15, 0.2) is 30.6 Å². The summed E-state index contributed by atoms with van der Waals surface area (Å²) < 4.78 is 0. The van der Waals surface area contributed by atoms with Crippen LogP contribution in [-0.4, -0.2) is 46.8 Å². The third kappa shape index (κ3) is 3.24. The second-order valence-corrected chi connectivity index (χ2v) is 5.87. The van der Waals surface area contributed by atoms with Crippen molar-refractivity contribution in [1.29, 1.82) is 5.41 Å². The monoisotopic (exact) mass is 311 g/mol. The van der Waals surface area contributed by atoms with Gasteiger partial charge in [0.2, 0.25) is 0 Å². The molecule has 0 aliphatic carbocycles. The van der Waals surface area contributed by atoms with Gasteiger partial charge >= 0.3 is 0 Å². The fraction of sp³-hybridized carbons (Fsp3) is 0.312. The highest BCUT2D eigenvalue weighted by Crippen LogP contribution is 2.24. The van der Waals surface area contributed by atoms with E-state index in [1.54, 1.807) is 24.3 Å². The molecule has 2 aromatic rings. The summed E-state index contributed by atoms with van der Waals surface area (Å²) in [6.07, 6.45) is 2.46. The second-order valence-electron chi connectivity index (χ2n) is 5.87. The van der Waals surface area contributed by atoms with Gasteiger partial charge in [0, 0.05) is 23.8 Å². The zero-order valence-corrected chi connectivity index (χ0v) is 13.1. The quantitative estimate of drug-likeness (QED) is 0.497. The Balaban J connectivity index is 1.91. The van der Waals surface area contributed by atoms with Gasteiger partial charge in [-0.05, 0) is 32.1 Å². The van der Waals surface area contributed by atoms with Crippen molar-refractivity contribution in [2.45, 2.75) is 12.5 Å². The van der Waals surface area contributed by atoms with E-state index in [0.29, 0.717) is 28.9 Å². The van der Waals surface area contributed by atoms with E-state index in [9.17, 15) is 0 Å². The van der Waals surface area contributed by atoms with Crippen LogP contribution in [0.3, 0.4) is 0 Å². The Hall–Kier alpha value is -2.67. The molecule has 1 fully saturated rings. The first kappa shape index (κ1) is 15.2. The van der Waals surface area contributed by atoms with Crippen LogP contribution >= 0.6 is 0 Å². The Labute approximate surface area is 135 Å². The molecule has 7 heteroatoms. The molecule has 1 unspecified atom stereocenters. The lowest BCUT2D eigenvalue weighted by molar-refractivity contribution is 0.414. The molecule has 0 radical (unpaired) electrons. The molecule has 6 N–H and O–H groups in total. The third-order valence-corrected chi connectivity index (χ3v) is 4.06. The number of hydrogen-bond acceptors (Lipinski definition) is 7. The van der Waals surface area contributed by atoms with E-state index >= 15 is 0 Å². The first-order valence-corrected chi connectivity index (χ1v) is 7.55. The normalized spacial score (nSPS) is 18.0. The highest BCUT2D eigenvalue weighted by Gasteiger charge is 2.23. The van der Waals surface area contributed by atoms with Gasteiger partial charge in [-0.15, -0.1) is 0 Å². The number of nitrogen functional groups attached to an aromatic ring is 2. The number of nitrogens with two attached hydrogens (primary N) is 2. The topological polar surface area (TPSA) is 117 Å². The van der Waals surface area contributed by atoms with E-state index in [-0.39, 0.29) is 5.71 Å². The van der Waals surface area contributed by atoms with Crippen LogP contribution in [0.4, 0.5) is 17.3 Å². The van der Waals surface area contributed by atoms with Gasteiger partial charge in [-0.1, -0.05) is 12.1 Å². The van der Waals surface area contributed by atoms with Crippen molar-refractivity contribution in [3.05, 3.63) is 41.7 Å². The number of hydrogen-bond donors (Lipinski definition) is 4. The van der Waals surface area contributed by atoms with Gasteiger partial charge in [-0.2, -0.15) is 0 Å². The first-order valence-electron chi connectivity index (χ1n) is 7.55. The molecular formula is C16H21N7. The predicted octanol–water partition coefficient (Wildman–Crippen LogP) is 1.17. The highest BCUT2D eigenvalue weighted by molar-refractivity contribution is 6.16. The molecule has 1 aromatic heterocycles. The average Bonchev–Trinajstić information content (AvgIpc) is 2.93. The summed E-state index contributed by atoms with van der Waals surface area (Å²) in [4.78, 5) is 10.6. The summed E-state index contributed by atoms with van der Waals surface area (Å²) >= 11 is 0. The minimum atomic E-state index is 0.289.